The maximum atomic E-state index is 10.3. The lowest BCUT2D eigenvalue weighted by Gasteiger charge is -2.04. The molecule has 0 aromatic carbocycles. The average Bonchev–Trinajstić information content (AvgIpc) is 2.54. The highest BCUT2D eigenvalue weighted by Gasteiger charge is 2.14. The molecule has 0 rings (SSSR count). The Bertz CT molecular complexity index is 420. The van der Waals surface area contributed by atoms with Gasteiger partial charge in [-0.2, -0.15) is 0 Å². The summed E-state index contributed by atoms with van der Waals surface area (Å²) in [6.45, 7) is 0.436. The van der Waals surface area contributed by atoms with E-state index in [0.717, 1.165) is 25.7 Å². The monoisotopic (exact) mass is 382 g/mol. The summed E-state index contributed by atoms with van der Waals surface area (Å²) in [5, 5.41) is 32.1. The van der Waals surface area contributed by atoms with Crippen LogP contribution in [-0.4, -0.2) is 69.5 Å². The molecule has 0 saturated carbocycles. The summed E-state index contributed by atoms with van der Waals surface area (Å²) in [5.41, 5.74) is 20.0. The molecule has 12 N–H and O–H groups in total. The van der Waals surface area contributed by atoms with Crippen molar-refractivity contribution in [2.45, 2.75) is 50.6 Å². The van der Waals surface area contributed by atoms with Gasteiger partial charge in [0.05, 0.1) is 13.0 Å². The first-order valence-corrected chi connectivity index (χ1v) is 7.80. The Balaban J connectivity index is -0.000000333. The van der Waals surface area contributed by atoms with E-state index < -0.39 is 42.4 Å². The van der Waals surface area contributed by atoms with E-state index in [-0.39, 0.29) is 6.54 Å². The van der Waals surface area contributed by atoms with Gasteiger partial charge >= 0.3 is 23.9 Å². The standard InChI is InChI=1S/C8H18N2O2.C4H7NO4.C2H5NO2/c9-6-4-2-1-3-5-7(10)8(11)12;5-2(4(8)9)1-3(6)7;3-1-2(4)5/h7H,1-6,9-10H2,(H,11,12);2H,1,5H2,(H,6,7)(H,8,9);1,3H2,(H,4,5)/t;2-;/m.0./s1. The van der Waals surface area contributed by atoms with Crippen LogP contribution in [0.1, 0.15) is 38.5 Å². The number of unbranched alkanes of at least 4 members (excludes halogenated alkanes) is 3. The SMILES string of the molecule is NCC(=O)O.NCCCCCCC(N)C(=O)O.N[C@@H](CC(=O)O)C(=O)O. The Labute approximate surface area is 151 Å². The minimum Gasteiger partial charge on any atom is -0.481 e. The maximum Gasteiger partial charge on any atom is 0.321 e. The summed E-state index contributed by atoms with van der Waals surface area (Å²) in [7, 11) is 0. The molecule has 0 saturated heterocycles. The highest BCUT2D eigenvalue weighted by atomic mass is 16.4. The van der Waals surface area contributed by atoms with Crippen molar-refractivity contribution in [1.82, 2.24) is 0 Å². The van der Waals surface area contributed by atoms with Crippen LogP contribution >= 0.6 is 0 Å². The lowest BCUT2D eigenvalue weighted by molar-refractivity contribution is -0.144. The van der Waals surface area contributed by atoms with Crippen LogP contribution < -0.4 is 22.9 Å². The largest absolute Gasteiger partial charge is 0.481 e. The molecule has 1 unspecified atom stereocenters. The summed E-state index contributed by atoms with van der Waals surface area (Å²) in [6, 6.07) is -1.98. The fourth-order valence-electron chi connectivity index (χ4n) is 1.26. The minimum atomic E-state index is -1.29. The predicted molar refractivity (Wildman–Crippen MR) is 92.3 cm³/mol. The van der Waals surface area contributed by atoms with E-state index in [1.807, 2.05) is 0 Å². The molecule has 12 heteroatoms. The van der Waals surface area contributed by atoms with Gasteiger partial charge in [-0.1, -0.05) is 19.3 Å². The molecule has 0 aromatic rings. The van der Waals surface area contributed by atoms with Crippen molar-refractivity contribution < 1.29 is 39.6 Å². The molecular formula is C14H30N4O8. The molecule has 12 nitrogen and oxygen atoms in total. The van der Waals surface area contributed by atoms with E-state index in [1.54, 1.807) is 0 Å². The molecule has 0 aliphatic carbocycles. The number of carbonyl (C=O) groups is 4. The number of carboxylic acids is 4. The van der Waals surface area contributed by atoms with Gasteiger partial charge in [0, 0.05) is 0 Å². The van der Waals surface area contributed by atoms with Crippen molar-refractivity contribution >= 4 is 23.9 Å². The smallest absolute Gasteiger partial charge is 0.321 e. The number of carboxylic acid groups (broad SMARTS) is 4. The van der Waals surface area contributed by atoms with Crippen LogP contribution in [0.5, 0.6) is 0 Å². The lowest BCUT2D eigenvalue weighted by Crippen LogP contribution is -2.32. The average molecular weight is 382 g/mol. The third-order valence-corrected chi connectivity index (χ3v) is 2.67. The van der Waals surface area contributed by atoms with E-state index in [4.69, 9.17) is 37.6 Å². The summed E-state index contributed by atoms with van der Waals surface area (Å²) >= 11 is 0. The molecule has 2 atom stereocenters. The molecular weight excluding hydrogens is 352 g/mol. The Morgan fingerprint density at radius 3 is 1.38 bits per heavy atom. The van der Waals surface area contributed by atoms with Crippen molar-refractivity contribution in [3.05, 3.63) is 0 Å². The quantitative estimate of drug-likeness (QED) is 0.184. The predicted octanol–water partition coefficient (Wildman–Crippen LogP) is -1.79. The van der Waals surface area contributed by atoms with Gasteiger partial charge < -0.3 is 43.4 Å². The first-order valence-electron chi connectivity index (χ1n) is 7.80. The fraction of sp³-hybridized carbons (Fsp3) is 0.714. The zero-order chi connectivity index (χ0) is 21.1. The molecule has 0 heterocycles. The van der Waals surface area contributed by atoms with Crippen molar-refractivity contribution in [3.63, 3.8) is 0 Å². The van der Waals surface area contributed by atoms with E-state index in [0.29, 0.717) is 13.0 Å². The molecule has 154 valence electrons. The molecule has 0 aliphatic heterocycles. The molecule has 26 heavy (non-hydrogen) atoms. The zero-order valence-corrected chi connectivity index (χ0v) is 14.5. The summed E-state index contributed by atoms with van der Waals surface area (Å²) < 4.78 is 0. The molecule has 0 fully saturated rings. The number of nitrogens with two attached hydrogens (primary N) is 4. The Morgan fingerprint density at radius 1 is 0.692 bits per heavy atom. The molecule has 0 aliphatic rings. The molecule has 0 amide bonds. The minimum absolute atomic E-state index is 0.278. The van der Waals surface area contributed by atoms with E-state index >= 15 is 0 Å². The Morgan fingerprint density at radius 2 is 1.12 bits per heavy atom. The van der Waals surface area contributed by atoms with Crippen LogP contribution in [0, 0.1) is 0 Å². The normalized spacial score (nSPS) is 11.7. The van der Waals surface area contributed by atoms with Gasteiger partial charge in [-0.3, -0.25) is 19.2 Å². The van der Waals surface area contributed by atoms with Gasteiger partial charge in [0.15, 0.2) is 0 Å². The van der Waals surface area contributed by atoms with Crippen LogP contribution in [0.2, 0.25) is 0 Å². The fourth-order valence-corrected chi connectivity index (χ4v) is 1.26. The van der Waals surface area contributed by atoms with Crippen molar-refractivity contribution in [3.8, 4) is 0 Å². The number of rotatable bonds is 11. The van der Waals surface area contributed by atoms with Crippen LogP contribution in [0.4, 0.5) is 0 Å². The molecule has 0 spiro atoms. The van der Waals surface area contributed by atoms with Gasteiger partial charge in [-0.25, -0.2) is 0 Å². The number of aliphatic carboxylic acids is 4. The number of hydrogen-bond acceptors (Lipinski definition) is 8. The highest BCUT2D eigenvalue weighted by molar-refractivity contribution is 5.80. The van der Waals surface area contributed by atoms with Gasteiger partial charge in [0.1, 0.15) is 12.1 Å². The van der Waals surface area contributed by atoms with Crippen molar-refractivity contribution in [2.75, 3.05) is 13.1 Å². The first-order chi connectivity index (χ1) is 12.0. The molecule has 0 aromatic heterocycles. The zero-order valence-electron chi connectivity index (χ0n) is 14.5. The second-order valence-corrected chi connectivity index (χ2v) is 5.08. The topological polar surface area (TPSA) is 253 Å². The third-order valence-electron chi connectivity index (χ3n) is 2.67. The second kappa shape index (κ2) is 19.1. The van der Waals surface area contributed by atoms with Crippen LogP contribution in [0.25, 0.3) is 0 Å². The lowest BCUT2D eigenvalue weighted by atomic mass is 10.1. The van der Waals surface area contributed by atoms with Crippen LogP contribution in [-0.2, 0) is 19.2 Å². The van der Waals surface area contributed by atoms with Crippen molar-refractivity contribution in [2.24, 2.45) is 22.9 Å². The second-order valence-electron chi connectivity index (χ2n) is 5.08. The van der Waals surface area contributed by atoms with Gasteiger partial charge in [0.25, 0.3) is 0 Å². The summed E-state index contributed by atoms with van der Waals surface area (Å²) in [6.07, 6.45) is 4.03. The van der Waals surface area contributed by atoms with E-state index in [9.17, 15) is 19.2 Å². The summed E-state index contributed by atoms with van der Waals surface area (Å²) in [4.78, 5) is 39.1. The van der Waals surface area contributed by atoms with E-state index in [2.05, 4.69) is 5.73 Å². The Kier molecular flexibility index (Phi) is 20.9. The molecule has 0 radical (unpaired) electrons. The van der Waals surface area contributed by atoms with Crippen molar-refractivity contribution in [1.29, 1.82) is 0 Å². The van der Waals surface area contributed by atoms with Crippen LogP contribution in [0.15, 0.2) is 0 Å². The Hall–Kier alpha value is -2.28. The maximum absolute atomic E-state index is 10.3. The molecule has 0 bridgehead atoms. The van der Waals surface area contributed by atoms with Crippen LogP contribution in [0.3, 0.4) is 0 Å². The number of hydrogen-bond donors (Lipinski definition) is 8. The highest BCUT2D eigenvalue weighted by Crippen LogP contribution is 2.03. The van der Waals surface area contributed by atoms with E-state index in [1.165, 1.54) is 0 Å². The third kappa shape index (κ3) is 26.6. The summed E-state index contributed by atoms with van der Waals surface area (Å²) in [5.74, 6) is -4.37. The van der Waals surface area contributed by atoms with Gasteiger partial charge in [-0.05, 0) is 19.4 Å². The van der Waals surface area contributed by atoms with Gasteiger partial charge in [0.2, 0.25) is 0 Å². The first kappa shape index (κ1) is 28.5. The van der Waals surface area contributed by atoms with Gasteiger partial charge in [-0.15, -0.1) is 0 Å².